The first kappa shape index (κ1) is 22.2. The number of carbonyl (C=O) groups excluding carboxylic acids is 1. The van der Waals surface area contributed by atoms with Gasteiger partial charge in [0.05, 0.1) is 22.2 Å². The lowest BCUT2D eigenvalue weighted by Gasteiger charge is -2.20. The summed E-state index contributed by atoms with van der Waals surface area (Å²) in [5.74, 6) is 0.324. The SMILES string of the molecule is CCn1c(=NC(=O)c2ccc(S(=O)(=O)N(C)C(C)C)cc2)sc2cc(OC)ccc21. The molecule has 1 aromatic heterocycles. The van der Waals surface area contributed by atoms with Crippen LogP contribution in [0.5, 0.6) is 5.75 Å². The van der Waals surface area contributed by atoms with Crippen LogP contribution in [0.1, 0.15) is 31.1 Å². The van der Waals surface area contributed by atoms with Gasteiger partial charge in [0, 0.05) is 25.2 Å². The number of carbonyl (C=O) groups is 1. The Kier molecular flexibility index (Phi) is 6.44. The van der Waals surface area contributed by atoms with E-state index in [1.165, 1.54) is 47.0 Å². The first-order valence-electron chi connectivity index (χ1n) is 9.53. The highest BCUT2D eigenvalue weighted by atomic mass is 32.2. The molecule has 160 valence electrons. The van der Waals surface area contributed by atoms with Gasteiger partial charge in [0.1, 0.15) is 5.75 Å². The van der Waals surface area contributed by atoms with Gasteiger partial charge in [0.15, 0.2) is 4.80 Å². The summed E-state index contributed by atoms with van der Waals surface area (Å²) < 4.78 is 34.7. The van der Waals surface area contributed by atoms with Crippen molar-refractivity contribution >= 4 is 37.5 Å². The van der Waals surface area contributed by atoms with Gasteiger partial charge in [-0.15, -0.1) is 0 Å². The number of fused-ring (bicyclic) bond motifs is 1. The van der Waals surface area contributed by atoms with Crippen molar-refractivity contribution in [3.05, 3.63) is 52.8 Å². The highest BCUT2D eigenvalue weighted by molar-refractivity contribution is 7.89. The zero-order valence-electron chi connectivity index (χ0n) is 17.6. The zero-order valence-corrected chi connectivity index (χ0v) is 19.3. The van der Waals surface area contributed by atoms with E-state index in [4.69, 9.17) is 4.74 Å². The van der Waals surface area contributed by atoms with E-state index < -0.39 is 15.9 Å². The molecule has 0 N–H and O–H groups in total. The van der Waals surface area contributed by atoms with Crippen molar-refractivity contribution in [2.24, 2.45) is 4.99 Å². The fourth-order valence-electron chi connectivity index (χ4n) is 2.94. The van der Waals surface area contributed by atoms with Gasteiger partial charge in [-0.1, -0.05) is 11.3 Å². The van der Waals surface area contributed by atoms with Crippen LogP contribution < -0.4 is 9.54 Å². The van der Waals surface area contributed by atoms with Gasteiger partial charge in [-0.05, 0) is 63.2 Å². The van der Waals surface area contributed by atoms with Crippen molar-refractivity contribution < 1.29 is 17.9 Å². The molecule has 0 unspecified atom stereocenters. The number of thiazole rings is 1. The molecule has 0 fully saturated rings. The Hall–Kier alpha value is -2.49. The first-order chi connectivity index (χ1) is 14.2. The van der Waals surface area contributed by atoms with Crippen molar-refractivity contribution in [3.8, 4) is 5.75 Å². The summed E-state index contributed by atoms with van der Waals surface area (Å²) in [7, 11) is -0.449. The van der Waals surface area contributed by atoms with E-state index in [1.54, 1.807) is 21.0 Å². The number of hydrogen-bond donors (Lipinski definition) is 0. The number of rotatable bonds is 6. The molecule has 3 rings (SSSR count). The number of aryl methyl sites for hydroxylation is 1. The van der Waals surface area contributed by atoms with Gasteiger partial charge in [-0.25, -0.2) is 8.42 Å². The lowest BCUT2D eigenvalue weighted by molar-refractivity contribution is 0.0997. The number of nitrogens with zero attached hydrogens (tertiary/aromatic N) is 3. The minimum absolute atomic E-state index is 0.146. The topological polar surface area (TPSA) is 81.0 Å². The standard InChI is InChI=1S/C21H25N3O4S2/c1-6-24-18-12-9-16(28-5)13-19(18)29-21(24)22-20(25)15-7-10-17(11-8-15)30(26,27)23(4)14(2)3/h7-14H,6H2,1-5H3. The highest BCUT2D eigenvalue weighted by Crippen LogP contribution is 2.23. The minimum Gasteiger partial charge on any atom is -0.497 e. The summed E-state index contributed by atoms with van der Waals surface area (Å²) in [6.07, 6.45) is 0. The highest BCUT2D eigenvalue weighted by Gasteiger charge is 2.23. The lowest BCUT2D eigenvalue weighted by atomic mass is 10.2. The molecule has 3 aromatic rings. The van der Waals surface area contributed by atoms with Gasteiger partial charge in [0.2, 0.25) is 10.0 Å². The molecule has 0 aliphatic rings. The summed E-state index contributed by atoms with van der Waals surface area (Å²) in [5.41, 5.74) is 1.31. The first-order valence-corrected chi connectivity index (χ1v) is 11.8. The third-order valence-corrected chi connectivity index (χ3v) is 8.00. The number of sulfonamides is 1. The summed E-state index contributed by atoms with van der Waals surface area (Å²) in [4.78, 5) is 17.7. The van der Waals surface area contributed by atoms with Crippen molar-refractivity contribution in [1.29, 1.82) is 0 Å². The summed E-state index contributed by atoms with van der Waals surface area (Å²) in [5, 5.41) is 0. The summed E-state index contributed by atoms with van der Waals surface area (Å²) >= 11 is 1.41. The third kappa shape index (κ3) is 4.19. The number of aromatic nitrogens is 1. The van der Waals surface area contributed by atoms with E-state index in [0.29, 0.717) is 16.9 Å². The van der Waals surface area contributed by atoms with Gasteiger partial charge in [-0.3, -0.25) is 4.79 Å². The molecule has 9 heteroatoms. The Morgan fingerprint density at radius 3 is 2.43 bits per heavy atom. The molecule has 0 saturated heterocycles. The van der Waals surface area contributed by atoms with Crippen LogP contribution in [0.2, 0.25) is 0 Å². The molecule has 0 bridgehead atoms. The van der Waals surface area contributed by atoms with Gasteiger partial charge < -0.3 is 9.30 Å². The minimum atomic E-state index is -3.60. The van der Waals surface area contributed by atoms with E-state index >= 15 is 0 Å². The molecule has 0 atom stereocenters. The Bertz CT molecular complexity index is 1240. The Morgan fingerprint density at radius 2 is 1.87 bits per heavy atom. The van der Waals surface area contributed by atoms with E-state index in [0.717, 1.165) is 16.0 Å². The maximum Gasteiger partial charge on any atom is 0.279 e. The molecule has 1 amide bonds. The number of amides is 1. The monoisotopic (exact) mass is 447 g/mol. The number of ether oxygens (including phenoxy) is 1. The van der Waals surface area contributed by atoms with E-state index in [1.807, 2.05) is 29.7 Å². The van der Waals surface area contributed by atoms with Crippen LogP contribution >= 0.6 is 11.3 Å². The molecule has 7 nitrogen and oxygen atoms in total. The second-order valence-electron chi connectivity index (χ2n) is 7.02. The molecule has 0 aliphatic heterocycles. The maximum atomic E-state index is 12.7. The Morgan fingerprint density at radius 1 is 1.20 bits per heavy atom. The van der Waals surface area contributed by atoms with Crippen molar-refractivity contribution in [1.82, 2.24) is 8.87 Å². The van der Waals surface area contributed by atoms with Gasteiger partial charge in [-0.2, -0.15) is 9.30 Å². The average molecular weight is 448 g/mol. The molecule has 0 saturated carbocycles. The molecule has 2 aromatic carbocycles. The number of benzene rings is 2. The van der Waals surface area contributed by atoms with Crippen LogP contribution in [0.15, 0.2) is 52.4 Å². The van der Waals surface area contributed by atoms with Gasteiger partial charge >= 0.3 is 0 Å². The van der Waals surface area contributed by atoms with Crippen molar-refractivity contribution in [2.45, 2.75) is 38.3 Å². The molecule has 30 heavy (non-hydrogen) atoms. The zero-order chi connectivity index (χ0) is 22.1. The van der Waals surface area contributed by atoms with E-state index in [-0.39, 0.29) is 10.9 Å². The smallest absolute Gasteiger partial charge is 0.279 e. The lowest BCUT2D eigenvalue weighted by Crippen LogP contribution is -2.33. The maximum absolute atomic E-state index is 12.7. The normalized spacial score (nSPS) is 12.8. The third-order valence-electron chi connectivity index (χ3n) is 4.91. The molecule has 0 radical (unpaired) electrons. The Labute approximate surface area is 180 Å². The van der Waals surface area contributed by atoms with Gasteiger partial charge in [0.25, 0.3) is 5.91 Å². The van der Waals surface area contributed by atoms with Crippen LogP contribution in [0.25, 0.3) is 10.2 Å². The van der Waals surface area contributed by atoms with Crippen LogP contribution in [0.4, 0.5) is 0 Å². The van der Waals surface area contributed by atoms with Crippen LogP contribution in [0.3, 0.4) is 0 Å². The molecule has 0 aliphatic carbocycles. The second kappa shape index (κ2) is 8.71. The summed E-state index contributed by atoms with van der Waals surface area (Å²) in [6.45, 7) is 6.26. The van der Waals surface area contributed by atoms with Crippen molar-refractivity contribution in [3.63, 3.8) is 0 Å². The summed E-state index contributed by atoms with van der Waals surface area (Å²) in [6, 6.07) is 11.5. The average Bonchev–Trinajstić information content (AvgIpc) is 3.08. The predicted molar refractivity (Wildman–Crippen MR) is 118 cm³/mol. The fourth-order valence-corrected chi connectivity index (χ4v) is 5.42. The largest absolute Gasteiger partial charge is 0.497 e. The van der Waals surface area contributed by atoms with Crippen LogP contribution in [0, 0.1) is 0 Å². The quantitative estimate of drug-likeness (QED) is 0.579. The van der Waals surface area contributed by atoms with Crippen LogP contribution in [-0.2, 0) is 16.6 Å². The molecule has 1 heterocycles. The second-order valence-corrected chi connectivity index (χ2v) is 10.0. The molecular weight excluding hydrogens is 422 g/mol. The number of hydrogen-bond acceptors (Lipinski definition) is 5. The molecule has 0 spiro atoms. The van der Waals surface area contributed by atoms with Crippen LogP contribution in [-0.4, -0.2) is 43.4 Å². The number of methoxy groups -OCH3 is 1. The molecular formula is C21H25N3O4S2. The van der Waals surface area contributed by atoms with E-state index in [9.17, 15) is 13.2 Å². The fraction of sp³-hybridized carbons (Fsp3) is 0.333. The Balaban J connectivity index is 1.97. The predicted octanol–water partition coefficient (Wildman–Crippen LogP) is 3.50. The van der Waals surface area contributed by atoms with Crippen molar-refractivity contribution in [2.75, 3.05) is 14.2 Å². The van der Waals surface area contributed by atoms with E-state index in [2.05, 4.69) is 4.99 Å².